The normalized spacial score (nSPS) is 10.8. The van der Waals surface area contributed by atoms with E-state index >= 15 is 0 Å². The van der Waals surface area contributed by atoms with Gasteiger partial charge in [-0.15, -0.1) is 0 Å². The quantitative estimate of drug-likeness (QED) is 0.594. The molecule has 128 valence electrons. The zero-order chi connectivity index (χ0) is 17.9. The van der Waals surface area contributed by atoms with Crippen LogP contribution in [0.2, 0.25) is 0 Å². The Bertz CT molecular complexity index is 1130. The number of carbonyl (C=O) groups is 1. The smallest absolute Gasteiger partial charge is 0.276 e. The topological polar surface area (TPSA) is 92.7 Å². The molecule has 0 saturated heterocycles. The second-order valence-corrected chi connectivity index (χ2v) is 5.83. The van der Waals surface area contributed by atoms with Gasteiger partial charge >= 0.3 is 0 Å². The van der Waals surface area contributed by atoms with Gasteiger partial charge in [-0.3, -0.25) is 14.7 Å². The summed E-state index contributed by atoms with van der Waals surface area (Å²) in [5.41, 5.74) is 2.29. The minimum absolute atomic E-state index is 0.172. The maximum atomic E-state index is 12.5. The number of hydrogen-bond acceptors (Lipinski definition) is 4. The van der Waals surface area contributed by atoms with E-state index in [1.807, 2.05) is 36.4 Å². The maximum absolute atomic E-state index is 12.5. The lowest BCUT2D eigenvalue weighted by Crippen LogP contribution is -2.26. The van der Waals surface area contributed by atoms with E-state index in [-0.39, 0.29) is 17.2 Å². The van der Waals surface area contributed by atoms with Crippen LogP contribution in [0.25, 0.3) is 10.9 Å². The van der Waals surface area contributed by atoms with E-state index in [4.69, 9.17) is 0 Å². The molecule has 0 atom stereocenters. The highest BCUT2D eigenvalue weighted by Crippen LogP contribution is 2.17. The molecule has 0 unspecified atom stereocenters. The van der Waals surface area contributed by atoms with Crippen molar-refractivity contribution in [3.05, 3.63) is 88.5 Å². The molecule has 2 aromatic carbocycles. The molecule has 0 aliphatic heterocycles. The van der Waals surface area contributed by atoms with Crippen LogP contribution in [0.5, 0.6) is 0 Å². The van der Waals surface area contributed by atoms with Gasteiger partial charge in [0, 0.05) is 17.1 Å². The van der Waals surface area contributed by atoms with Gasteiger partial charge in [-0.1, -0.05) is 30.3 Å². The number of nitrogens with one attached hydrogen (secondary N) is 2. The van der Waals surface area contributed by atoms with Crippen molar-refractivity contribution in [1.82, 2.24) is 20.0 Å². The van der Waals surface area contributed by atoms with Crippen molar-refractivity contribution in [2.24, 2.45) is 0 Å². The fourth-order valence-electron chi connectivity index (χ4n) is 2.65. The number of H-pyrrole nitrogens is 1. The molecule has 7 heteroatoms. The van der Waals surface area contributed by atoms with E-state index in [0.717, 1.165) is 16.5 Å². The molecule has 1 amide bonds. The van der Waals surface area contributed by atoms with Crippen LogP contribution in [0.15, 0.2) is 71.7 Å². The summed E-state index contributed by atoms with van der Waals surface area (Å²) in [7, 11) is 0. The van der Waals surface area contributed by atoms with E-state index in [1.165, 1.54) is 16.8 Å². The highest BCUT2D eigenvalue weighted by atomic mass is 16.2. The zero-order valence-corrected chi connectivity index (χ0v) is 13.7. The molecule has 2 aromatic heterocycles. The van der Waals surface area contributed by atoms with E-state index in [1.54, 1.807) is 18.3 Å². The molecular weight excluding hydrogens is 330 g/mol. The van der Waals surface area contributed by atoms with Crippen LogP contribution < -0.4 is 10.9 Å². The van der Waals surface area contributed by atoms with E-state index in [2.05, 4.69) is 20.6 Å². The molecule has 0 bridgehead atoms. The van der Waals surface area contributed by atoms with Gasteiger partial charge in [-0.2, -0.15) is 10.2 Å². The third-order valence-electron chi connectivity index (χ3n) is 3.97. The summed E-state index contributed by atoms with van der Waals surface area (Å²) < 4.78 is 1.28. The van der Waals surface area contributed by atoms with Gasteiger partial charge in [0.25, 0.3) is 11.5 Å². The average molecular weight is 345 g/mol. The fraction of sp³-hybridized carbons (Fsp3) is 0.0526. The first-order valence-electron chi connectivity index (χ1n) is 8.06. The maximum Gasteiger partial charge on any atom is 0.276 e. The summed E-state index contributed by atoms with van der Waals surface area (Å²) in [5.74, 6) is -0.384. The van der Waals surface area contributed by atoms with Gasteiger partial charge in [-0.25, -0.2) is 4.68 Å². The third-order valence-corrected chi connectivity index (χ3v) is 3.97. The summed E-state index contributed by atoms with van der Waals surface area (Å²) in [6.07, 6.45) is 1.71. The number of amides is 1. The first-order valence-corrected chi connectivity index (χ1v) is 8.06. The Hall–Kier alpha value is -3.74. The Morgan fingerprint density at radius 2 is 1.92 bits per heavy atom. The van der Waals surface area contributed by atoms with Crippen molar-refractivity contribution in [3.63, 3.8) is 0 Å². The van der Waals surface area contributed by atoms with Gasteiger partial charge in [0.1, 0.15) is 5.69 Å². The molecule has 0 radical (unpaired) electrons. The molecule has 7 nitrogen and oxygen atoms in total. The van der Waals surface area contributed by atoms with Crippen LogP contribution in [0.4, 0.5) is 5.69 Å². The SMILES string of the molecule is O=C(Nc1ccc2cn[nH]c2c1)c1ccc(=O)n(Cc2ccccc2)n1. The Kier molecular flexibility index (Phi) is 4.03. The van der Waals surface area contributed by atoms with Crippen LogP contribution in [0, 0.1) is 0 Å². The lowest BCUT2D eigenvalue weighted by Gasteiger charge is -2.08. The van der Waals surface area contributed by atoms with E-state index < -0.39 is 0 Å². The predicted molar refractivity (Wildman–Crippen MR) is 98.1 cm³/mol. The molecular formula is C19H15N5O2. The molecule has 26 heavy (non-hydrogen) atoms. The van der Waals surface area contributed by atoms with Gasteiger partial charge < -0.3 is 5.32 Å². The Morgan fingerprint density at radius 3 is 2.77 bits per heavy atom. The van der Waals surface area contributed by atoms with Gasteiger partial charge in [-0.05, 0) is 29.8 Å². The highest BCUT2D eigenvalue weighted by molar-refractivity contribution is 6.03. The van der Waals surface area contributed by atoms with E-state index in [0.29, 0.717) is 12.2 Å². The van der Waals surface area contributed by atoms with Crippen LogP contribution in [0.1, 0.15) is 16.1 Å². The van der Waals surface area contributed by atoms with Crippen molar-refractivity contribution in [2.75, 3.05) is 5.32 Å². The molecule has 4 rings (SSSR count). The number of nitrogens with zero attached hydrogens (tertiary/aromatic N) is 3. The van der Waals surface area contributed by atoms with Gasteiger partial charge in [0.05, 0.1) is 18.3 Å². The lowest BCUT2D eigenvalue weighted by atomic mass is 10.2. The summed E-state index contributed by atoms with van der Waals surface area (Å²) in [6, 6.07) is 17.7. The van der Waals surface area contributed by atoms with Crippen LogP contribution in [-0.2, 0) is 6.54 Å². The molecule has 0 spiro atoms. The summed E-state index contributed by atoms with van der Waals surface area (Å²) >= 11 is 0. The lowest BCUT2D eigenvalue weighted by molar-refractivity contribution is 0.102. The highest BCUT2D eigenvalue weighted by Gasteiger charge is 2.11. The number of benzene rings is 2. The first kappa shape index (κ1) is 15.8. The standard InChI is InChI=1S/C19H15N5O2/c25-18-9-8-16(23-24(18)12-13-4-2-1-3-5-13)19(26)21-15-7-6-14-11-20-22-17(14)10-15/h1-11H,12H2,(H,20,22)(H,21,26). The molecule has 2 heterocycles. The van der Waals surface area contributed by atoms with Crippen LogP contribution in [0.3, 0.4) is 0 Å². The molecule has 0 fully saturated rings. The van der Waals surface area contributed by atoms with Gasteiger partial charge in [0.15, 0.2) is 0 Å². The average Bonchev–Trinajstić information content (AvgIpc) is 3.12. The minimum atomic E-state index is -0.384. The number of aromatic amines is 1. The van der Waals surface area contributed by atoms with Crippen molar-refractivity contribution in [1.29, 1.82) is 0 Å². The zero-order valence-electron chi connectivity index (χ0n) is 13.7. The Labute approximate surface area is 148 Å². The molecule has 0 aliphatic rings. The van der Waals surface area contributed by atoms with Crippen LogP contribution in [-0.4, -0.2) is 25.9 Å². The van der Waals surface area contributed by atoms with Crippen molar-refractivity contribution in [2.45, 2.75) is 6.54 Å². The van der Waals surface area contributed by atoms with Gasteiger partial charge in [0.2, 0.25) is 0 Å². The third kappa shape index (κ3) is 3.23. The second-order valence-electron chi connectivity index (χ2n) is 5.83. The summed E-state index contributed by atoms with van der Waals surface area (Å²) in [4.78, 5) is 24.5. The van der Waals surface area contributed by atoms with Crippen molar-refractivity contribution < 1.29 is 4.79 Å². The predicted octanol–water partition coefficient (Wildman–Crippen LogP) is 2.42. The molecule has 4 aromatic rings. The molecule has 0 saturated carbocycles. The monoisotopic (exact) mass is 345 g/mol. The summed E-state index contributed by atoms with van der Waals surface area (Å²) in [5, 5.41) is 14.7. The Balaban J connectivity index is 1.57. The minimum Gasteiger partial charge on any atom is -0.321 e. The number of fused-ring (bicyclic) bond motifs is 1. The van der Waals surface area contributed by atoms with Crippen molar-refractivity contribution in [3.8, 4) is 0 Å². The molecule has 2 N–H and O–H groups in total. The fourth-order valence-corrected chi connectivity index (χ4v) is 2.65. The number of rotatable bonds is 4. The number of aromatic nitrogens is 4. The second kappa shape index (κ2) is 6.64. The van der Waals surface area contributed by atoms with Crippen molar-refractivity contribution >= 4 is 22.5 Å². The largest absolute Gasteiger partial charge is 0.321 e. The number of anilines is 1. The summed E-state index contributed by atoms with van der Waals surface area (Å²) in [6.45, 7) is 0.306. The first-order chi connectivity index (χ1) is 12.7. The van der Waals surface area contributed by atoms with Crippen LogP contribution >= 0.6 is 0 Å². The number of carbonyl (C=O) groups excluding carboxylic acids is 1. The molecule has 0 aliphatic carbocycles. The Morgan fingerprint density at radius 1 is 1.08 bits per heavy atom. The number of hydrogen-bond donors (Lipinski definition) is 2. The van der Waals surface area contributed by atoms with E-state index in [9.17, 15) is 9.59 Å².